The molecule has 2 aromatic rings. The third-order valence-corrected chi connectivity index (χ3v) is 4.61. The van der Waals surface area contributed by atoms with Gasteiger partial charge in [-0.3, -0.25) is 0 Å². The fourth-order valence-electron chi connectivity index (χ4n) is 1.95. The quantitative estimate of drug-likeness (QED) is 0.655. The Morgan fingerprint density at radius 2 is 1.74 bits per heavy atom. The Morgan fingerprint density at radius 3 is 2.37 bits per heavy atom. The van der Waals surface area contributed by atoms with E-state index >= 15 is 0 Å². The lowest BCUT2D eigenvalue weighted by Gasteiger charge is -2.20. The second kappa shape index (κ2) is 6.59. The molecule has 100 valence electrons. The van der Waals surface area contributed by atoms with Gasteiger partial charge in [-0.15, -0.1) is 0 Å². The minimum atomic E-state index is -0.00311. The van der Waals surface area contributed by atoms with E-state index in [1.165, 1.54) is 0 Å². The molecule has 0 amide bonds. The fourth-order valence-corrected chi connectivity index (χ4v) is 3.32. The van der Waals surface area contributed by atoms with Crippen molar-refractivity contribution in [1.82, 2.24) is 5.32 Å². The maximum atomic E-state index is 6.29. The molecular weight excluding hydrogens is 413 g/mol. The third kappa shape index (κ3) is 3.53. The Balaban J connectivity index is 2.52. The summed E-state index contributed by atoms with van der Waals surface area (Å²) in [4.78, 5) is 0. The molecule has 0 fully saturated rings. The largest absolute Gasteiger partial charge is 0.309 e. The monoisotopic (exact) mass is 421 g/mol. The van der Waals surface area contributed by atoms with E-state index < -0.39 is 0 Å². The van der Waals surface area contributed by atoms with Crippen molar-refractivity contribution in [3.05, 3.63) is 66.5 Å². The van der Waals surface area contributed by atoms with Gasteiger partial charge in [-0.1, -0.05) is 61.1 Å². The lowest BCUT2D eigenvalue weighted by Crippen LogP contribution is -2.18. The van der Waals surface area contributed by atoms with Gasteiger partial charge in [-0.2, -0.15) is 0 Å². The number of benzene rings is 2. The number of hydrogen-bond acceptors (Lipinski definition) is 1. The molecule has 0 radical (unpaired) electrons. The first kappa shape index (κ1) is 15.3. The van der Waals surface area contributed by atoms with Crippen molar-refractivity contribution < 1.29 is 0 Å². The minimum absolute atomic E-state index is 0.00311. The molecule has 2 aromatic carbocycles. The average Bonchev–Trinajstić information content (AvgIpc) is 2.36. The topological polar surface area (TPSA) is 12.0 Å². The highest BCUT2D eigenvalue weighted by atomic mass is 79.9. The van der Waals surface area contributed by atoms with E-state index in [1.807, 2.05) is 31.3 Å². The van der Waals surface area contributed by atoms with E-state index in [9.17, 15) is 0 Å². The summed E-state index contributed by atoms with van der Waals surface area (Å²) >= 11 is 19.3. The van der Waals surface area contributed by atoms with Crippen molar-refractivity contribution in [3.63, 3.8) is 0 Å². The molecule has 0 aliphatic heterocycles. The number of nitrogens with one attached hydrogen (secondary N) is 1. The maximum Gasteiger partial charge on any atom is 0.0600 e. The third-order valence-electron chi connectivity index (χ3n) is 2.83. The molecular formula is C14H11Br2Cl2N. The summed E-state index contributed by atoms with van der Waals surface area (Å²) < 4.78 is 2.05. The average molecular weight is 424 g/mol. The van der Waals surface area contributed by atoms with E-state index in [4.69, 9.17) is 23.2 Å². The van der Waals surface area contributed by atoms with E-state index in [0.717, 1.165) is 20.1 Å². The number of halogens is 4. The Hall–Kier alpha value is -0.0600. The van der Waals surface area contributed by atoms with Gasteiger partial charge in [-0.25, -0.2) is 0 Å². The zero-order chi connectivity index (χ0) is 14.0. The molecule has 2 rings (SSSR count). The summed E-state index contributed by atoms with van der Waals surface area (Å²) in [5, 5.41) is 4.57. The van der Waals surface area contributed by atoms with Crippen LogP contribution < -0.4 is 5.32 Å². The standard InChI is InChI=1S/C14H11Br2Cl2N/c1-19-14(10-4-3-9(17)7-13(10)18)11-6-8(15)2-5-12(11)16/h2-7,14,19H,1H3. The van der Waals surface area contributed by atoms with Crippen molar-refractivity contribution >= 4 is 55.1 Å². The highest BCUT2D eigenvalue weighted by Crippen LogP contribution is 2.34. The summed E-state index contributed by atoms with van der Waals surface area (Å²) in [5.74, 6) is 0. The molecule has 0 aliphatic rings. The van der Waals surface area contributed by atoms with Gasteiger partial charge in [0.25, 0.3) is 0 Å². The first-order chi connectivity index (χ1) is 9.02. The summed E-state index contributed by atoms with van der Waals surface area (Å²) in [6, 6.07) is 11.6. The van der Waals surface area contributed by atoms with Crippen LogP contribution in [0.1, 0.15) is 17.2 Å². The zero-order valence-electron chi connectivity index (χ0n) is 10.1. The highest BCUT2D eigenvalue weighted by Gasteiger charge is 2.18. The van der Waals surface area contributed by atoms with Crippen LogP contribution in [0.25, 0.3) is 0 Å². The van der Waals surface area contributed by atoms with Crippen LogP contribution in [-0.2, 0) is 0 Å². The normalized spacial score (nSPS) is 12.5. The molecule has 5 heteroatoms. The van der Waals surface area contributed by atoms with Gasteiger partial charge < -0.3 is 5.32 Å². The summed E-state index contributed by atoms with van der Waals surface area (Å²) in [7, 11) is 1.91. The Labute approximate surface area is 139 Å². The van der Waals surface area contributed by atoms with Gasteiger partial charge in [0, 0.05) is 19.0 Å². The molecule has 1 nitrogen and oxygen atoms in total. The lowest BCUT2D eigenvalue weighted by atomic mass is 9.99. The van der Waals surface area contributed by atoms with Crippen LogP contribution in [0.15, 0.2) is 45.3 Å². The molecule has 19 heavy (non-hydrogen) atoms. The molecule has 0 aromatic heterocycles. The molecule has 0 saturated carbocycles. The predicted molar refractivity (Wildman–Crippen MR) is 89.2 cm³/mol. The molecule has 0 aliphatic carbocycles. The van der Waals surface area contributed by atoms with E-state index in [-0.39, 0.29) is 6.04 Å². The second-order valence-corrected chi connectivity index (χ2v) is 6.67. The van der Waals surface area contributed by atoms with Gasteiger partial charge in [0.2, 0.25) is 0 Å². The molecule has 0 saturated heterocycles. The first-order valence-corrected chi connectivity index (χ1v) is 7.94. The van der Waals surface area contributed by atoms with Crippen LogP contribution in [0.3, 0.4) is 0 Å². The summed E-state index contributed by atoms with van der Waals surface area (Å²) in [5.41, 5.74) is 2.11. The van der Waals surface area contributed by atoms with Gasteiger partial charge >= 0.3 is 0 Å². The SMILES string of the molecule is CNC(c1ccc(Cl)cc1Cl)c1cc(Br)ccc1Br. The summed E-state index contributed by atoms with van der Waals surface area (Å²) in [6.45, 7) is 0. The van der Waals surface area contributed by atoms with Crippen molar-refractivity contribution in [2.24, 2.45) is 0 Å². The molecule has 1 N–H and O–H groups in total. The molecule has 0 heterocycles. The lowest BCUT2D eigenvalue weighted by molar-refractivity contribution is 0.689. The Morgan fingerprint density at radius 1 is 1.00 bits per heavy atom. The van der Waals surface area contributed by atoms with Crippen molar-refractivity contribution in [2.45, 2.75) is 6.04 Å². The highest BCUT2D eigenvalue weighted by molar-refractivity contribution is 9.11. The van der Waals surface area contributed by atoms with Crippen LogP contribution in [-0.4, -0.2) is 7.05 Å². The zero-order valence-corrected chi connectivity index (χ0v) is 14.7. The molecule has 1 atom stereocenters. The molecule has 0 bridgehead atoms. The van der Waals surface area contributed by atoms with Crippen molar-refractivity contribution in [3.8, 4) is 0 Å². The van der Waals surface area contributed by atoms with Crippen LogP contribution in [0.4, 0.5) is 0 Å². The van der Waals surface area contributed by atoms with E-state index in [0.29, 0.717) is 10.0 Å². The fraction of sp³-hybridized carbons (Fsp3) is 0.143. The van der Waals surface area contributed by atoms with Crippen LogP contribution >= 0.6 is 55.1 Å². The molecule has 0 spiro atoms. The smallest absolute Gasteiger partial charge is 0.0600 e. The minimum Gasteiger partial charge on any atom is -0.309 e. The maximum absolute atomic E-state index is 6.29. The predicted octanol–water partition coefficient (Wildman–Crippen LogP) is 5.83. The van der Waals surface area contributed by atoms with E-state index in [2.05, 4.69) is 43.2 Å². The second-order valence-electron chi connectivity index (χ2n) is 4.05. The molecule has 1 unspecified atom stereocenters. The number of rotatable bonds is 3. The van der Waals surface area contributed by atoms with Gasteiger partial charge in [0.1, 0.15) is 0 Å². The van der Waals surface area contributed by atoms with Crippen LogP contribution in [0.5, 0.6) is 0 Å². The number of hydrogen-bond donors (Lipinski definition) is 1. The van der Waals surface area contributed by atoms with Gasteiger partial charge in [0.05, 0.1) is 6.04 Å². The van der Waals surface area contributed by atoms with E-state index in [1.54, 1.807) is 6.07 Å². The van der Waals surface area contributed by atoms with Gasteiger partial charge in [0.15, 0.2) is 0 Å². The summed E-state index contributed by atoms with van der Waals surface area (Å²) in [6.07, 6.45) is 0. The van der Waals surface area contributed by atoms with Gasteiger partial charge in [-0.05, 0) is 48.5 Å². The van der Waals surface area contributed by atoms with Crippen molar-refractivity contribution in [1.29, 1.82) is 0 Å². The first-order valence-electron chi connectivity index (χ1n) is 5.60. The van der Waals surface area contributed by atoms with Crippen molar-refractivity contribution in [2.75, 3.05) is 7.05 Å². The van der Waals surface area contributed by atoms with Crippen LogP contribution in [0, 0.1) is 0 Å². The Kier molecular flexibility index (Phi) is 5.32. The Bertz CT molecular complexity index is 602. The van der Waals surface area contributed by atoms with Crippen LogP contribution in [0.2, 0.25) is 10.0 Å².